The summed E-state index contributed by atoms with van der Waals surface area (Å²) < 4.78 is 36.0. The molecular formula is C22H21FN4O5P+. The lowest BCUT2D eigenvalue weighted by Gasteiger charge is -2.07. The van der Waals surface area contributed by atoms with E-state index in [9.17, 15) is 8.96 Å². The predicted molar refractivity (Wildman–Crippen MR) is 116 cm³/mol. The first-order chi connectivity index (χ1) is 15.8. The summed E-state index contributed by atoms with van der Waals surface area (Å²) in [6.07, 6.45) is 3.92. The number of benzene rings is 1. The number of anilines is 1. The fourth-order valence-electron chi connectivity index (χ4n) is 3.30. The molecule has 0 bridgehead atoms. The van der Waals surface area contributed by atoms with E-state index < -0.39 is 20.5 Å². The fourth-order valence-corrected chi connectivity index (χ4v) is 3.57. The zero-order valence-electron chi connectivity index (χ0n) is 17.3. The van der Waals surface area contributed by atoms with Crippen LogP contribution in [0.2, 0.25) is 0 Å². The van der Waals surface area contributed by atoms with Crippen molar-refractivity contribution in [1.82, 2.24) is 10.1 Å². The smallest absolute Gasteiger partial charge is 0.356 e. The van der Waals surface area contributed by atoms with Crippen molar-refractivity contribution >= 4 is 13.6 Å². The number of phosphoric ester groups is 1. The van der Waals surface area contributed by atoms with Gasteiger partial charge in [-0.2, -0.15) is 4.39 Å². The van der Waals surface area contributed by atoms with E-state index in [0.29, 0.717) is 35.4 Å². The summed E-state index contributed by atoms with van der Waals surface area (Å²) in [6, 6.07) is 16.3. The normalized spacial score (nSPS) is 11.6. The maximum absolute atomic E-state index is 13.8. The van der Waals surface area contributed by atoms with Crippen LogP contribution < -0.4 is 10.3 Å². The number of nitrogens with two attached hydrogens (primary N) is 1. The minimum atomic E-state index is -4.63. The Morgan fingerprint density at radius 2 is 1.82 bits per heavy atom. The number of rotatable bonds is 8. The summed E-state index contributed by atoms with van der Waals surface area (Å²) in [4.78, 5) is 21.5. The van der Waals surface area contributed by atoms with Crippen LogP contribution in [0.4, 0.5) is 10.2 Å². The van der Waals surface area contributed by atoms with Gasteiger partial charge in [0.05, 0.1) is 11.9 Å². The van der Waals surface area contributed by atoms with Gasteiger partial charge in [0, 0.05) is 30.7 Å². The van der Waals surface area contributed by atoms with Crippen LogP contribution in [0.5, 0.6) is 0 Å². The molecule has 33 heavy (non-hydrogen) atoms. The summed E-state index contributed by atoms with van der Waals surface area (Å²) in [7, 11) is -4.63. The molecular weight excluding hydrogens is 450 g/mol. The van der Waals surface area contributed by atoms with Crippen LogP contribution in [0.25, 0.3) is 11.3 Å². The van der Waals surface area contributed by atoms with Crippen LogP contribution >= 0.6 is 7.82 Å². The summed E-state index contributed by atoms with van der Waals surface area (Å²) >= 11 is 0. The molecule has 0 unspecified atom stereocenters. The lowest BCUT2D eigenvalue weighted by molar-refractivity contribution is -0.711. The Bertz CT molecular complexity index is 1310. The van der Waals surface area contributed by atoms with Crippen molar-refractivity contribution < 1.29 is 32.4 Å². The average molecular weight is 471 g/mol. The number of pyridine rings is 2. The maximum Gasteiger partial charge on any atom is 0.472 e. The highest BCUT2D eigenvalue weighted by atomic mass is 31.2. The molecule has 0 aliphatic carbocycles. The van der Waals surface area contributed by atoms with E-state index in [1.54, 1.807) is 30.3 Å². The summed E-state index contributed by atoms with van der Waals surface area (Å²) in [6.45, 7) is -0.416. The second kappa shape index (κ2) is 9.60. The van der Waals surface area contributed by atoms with Crippen molar-refractivity contribution in [3.63, 3.8) is 0 Å². The zero-order valence-corrected chi connectivity index (χ0v) is 18.2. The molecule has 9 nitrogen and oxygen atoms in total. The van der Waals surface area contributed by atoms with Crippen molar-refractivity contribution in [2.24, 2.45) is 0 Å². The van der Waals surface area contributed by atoms with Gasteiger partial charge in [0.15, 0.2) is 5.76 Å². The third-order valence-corrected chi connectivity index (χ3v) is 5.39. The number of phosphoric acid groups is 1. The van der Waals surface area contributed by atoms with Crippen LogP contribution in [-0.2, 0) is 28.7 Å². The lowest BCUT2D eigenvalue weighted by atomic mass is 10.0. The molecule has 3 heterocycles. The van der Waals surface area contributed by atoms with Crippen molar-refractivity contribution in [2.45, 2.75) is 19.6 Å². The van der Waals surface area contributed by atoms with Gasteiger partial charge >= 0.3 is 7.82 Å². The van der Waals surface area contributed by atoms with Gasteiger partial charge in [-0.25, -0.2) is 18.6 Å². The second-order valence-electron chi connectivity index (χ2n) is 7.33. The minimum Gasteiger partial charge on any atom is -0.356 e. The van der Waals surface area contributed by atoms with Gasteiger partial charge in [-0.15, -0.1) is 0 Å². The van der Waals surface area contributed by atoms with Gasteiger partial charge in [0.2, 0.25) is 12.7 Å². The monoisotopic (exact) mass is 471 g/mol. The first-order valence-corrected chi connectivity index (χ1v) is 11.4. The number of nitrogens with zero attached hydrogens (tertiary/aromatic N) is 3. The molecule has 0 aliphatic heterocycles. The number of halogens is 1. The van der Waals surface area contributed by atoms with E-state index in [-0.39, 0.29) is 5.82 Å². The Balaban J connectivity index is 1.45. The first kappa shape index (κ1) is 22.8. The fraction of sp³-hybridized carbons (Fsp3) is 0.136. The van der Waals surface area contributed by atoms with E-state index in [1.807, 2.05) is 24.3 Å². The SMILES string of the molecule is Nc1c(-c2cc(Cc3ccc(Cc4cccnc4F)cc3)no2)ccc[n+]1COP(=O)(O)O. The summed E-state index contributed by atoms with van der Waals surface area (Å²) in [5.41, 5.74) is 9.80. The van der Waals surface area contributed by atoms with Gasteiger partial charge in [-0.1, -0.05) is 35.5 Å². The summed E-state index contributed by atoms with van der Waals surface area (Å²) in [5, 5.41) is 4.09. The van der Waals surface area contributed by atoms with Crippen LogP contribution in [0.15, 0.2) is 71.5 Å². The highest BCUT2D eigenvalue weighted by Gasteiger charge is 2.20. The van der Waals surface area contributed by atoms with Crippen molar-refractivity contribution in [2.75, 3.05) is 5.73 Å². The molecule has 0 aliphatic rings. The van der Waals surface area contributed by atoms with Gasteiger partial charge < -0.3 is 14.3 Å². The van der Waals surface area contributed by atoms with Gasteiger partial charge in [-0.3, -0.25) is 5.73 Å². The Kier molecular flexibility index (Phi) is 6.62. The van der Waals surface area contributed by atoms with E-state index in [0.717, 1.165) is 11.1 Å². The topological polar surface area (TPSA) is 136 Å². The lowest BCUT2D eigenvalue weighted by Crippen LogP contribution is -2.38. The molecule has 4 N–H and O–H groups in total. The molecule has 0 amide bonds. The molecule has 1 aromatic carbocycles. The highest BCUT2D eigenvalue weighted by Crippen LogP contribution is 2.35. The van der Waals surface area contributed by atoms with Crippen LogP contribution in [-0.4, -0.2) is 19.9 Å². The average Bonchev–Trinajstić information content (AvgIpc) is 3.23. The van der Waals surface area contributed by atoms with E-state index in [4.69, 9.17) is 20.0 Å². The van der Waals surface area contributed by atoms with Crippen LogP contribution in [0, 0.1) is 5.95 Å². The predicted octanol–water partition coefficient (Wildman–Crippen LogP) is 2.99. The quantitative estimate of drug-likeness (QED) is 0.203. The van der Waals surface area contributed by atoms with Gasteiger partial charge in [0.25, 0.3) is 5.82 Å². The van der Waals surface area contributed by atoms with E-state index >= 15 is 0 Å². The molecule has 0 saturated carbocycles. The van der Waals surface area contributed by atoms with Crippen molar-refractivity contribution in [3.8, 4) is 11.3 Å². The molecule has 170 valence electrons. The van der Waals surface area contributed by atoms with Crippen LogP contribution in [0.3, 0.4) is 0 Å². The highest BCUT2D eigenvalue weighted by molar-refractivity contribution is 7.46. The number of hydrogen-bond acceptors (Lipinski definition) is 6. The van der Waals surface area contributed by atoms with Crippen molar-refractivity contribution in [3.05, 3.63) is 95.3 Å². The maximum atomic E-state index is 13.8. The molecule has 0 radical (unpaired) electrons. The third kappa shape index (κ3) is 5.88. The molecule has 4 aromatic rings. The van der Waals surface area contributed by atoms with Gasteiger partial charge in [-0.05, 0) is 29.3 Å². The number of aromatic nitrogens is 3. The molecule has 0 atom stereocenters. The molecule has 4 rings (SSSR count). The van der Waals surface area contributed by atoms with Crippen LogP contribution in [0.1, 0.15) is 22.4 Å². The standard InChI is InChI=1S/C22H20FN4O5P/c23-21-17(3-1-9-25-21)11-15-5-7-16(8-6-15)12-18-13-20(32-26-18)19-4-2-10-27(22(19)24)14-31-33(28,29)30/h1-10,13,24H,11-12,14H2,(H2,28,29,30)/p+1. The largest absolute Gasteiger partial charge is 0.472 e. The Hall–Kier alpha value is -3.43. The molecule has 11 heteroatoms. The second-order valence-corrected chi connectivity index (χ2v) is 8.57. The van der Waals surface area contributed by atoms with Gasteiger partial charge in [0.1, 0.15) is 5.56 Å². The third-order valence-electron chi connectivity index (χ3n) is 4.94. The molecule has 0 saturated heterocycles. The number of hydrogen-bond donors (Lipinski definition) is 3. The number of nitrogen functional groups attached to an aromatic ring is 1. The molecule has 0 spiro atoms. The molecule has 3 aromatic heterocycles. The van der Waals surface area contributed by atoms with Crippen molar-refractivity contribution in [1.29, 1.82) is 0 Å². The molecule has 0 fully saturated rings. The Morgan fingerprint density at radius 1 is 1.09 bits per heavy atom. The minimum absolute atomic E-state index is 0.209. The zero-order chi connectivity index (χ0) is 23.4. The van der Waals surface area contributed by atoms with E-state index in [1.165, 1.54) is 17.0 Å². The first-order valence-electron chi connectivity index (χ1n) is 9.90. The Labute approximate surface area is 188 Å². The van der Waals surface area contributed by atoms with E-state index in [2.05, 4.69) is 14.7 Å². The Morgan fingerprint density at radius 3 is 2.52 bits per heavy atom. The summed E-state index contributed by atoms with van der Waals surface area (Å²) in [5.74, 6) is 0.156.